The third-order valence-corrected chi connectivity index (χ3v) is 11.5. The molecule has 6 aliphatic rings. The molecule has 3 atom stereocenters. The van der Waals surface area contributed by atoms with Gasteiger partial charge in [-0.05, 0) is 77.0 Å². The lowest BCUT2D eigenvalue weighted by molar-refractivity contribution is -0.300. The molecule has 6 saturated carbocycles. The summed E-state index contributed by atoms with van der Waals surface area (Å²) in [6.45, 7) is 0.0488. The second kappa shape index (κ2) is 8.31. The predicted octanol–water partition coefficient (Wildman–Crippen LogP) is 3.73. The van der Waals surface area contributed by atoms with Crippen molar-refractivity contribution in [2.75, 3.05) is 6.61 Å². The number of alkyl halides is 2. The number of ether oxygens (including phenoxy) is 2. The van der Waals surface area contributed by atoms with E-state index in [4.69, 9.17) is 9.29 Å². The van der Waals surface area contributed by atoms with Crippen LogP contribution in [0.5, 0.6) is 0 Å². The number of hydrogen-bond donors (Lipinski definition) is 3. The van der Waals surface area contributed by atoms with Crippen molar-refractivity contribution in [1.82, 2.24) is 0 Å². The molecule has 0 heterocycles. The van der Waals surface area contributed by atoms with E-state index in [1.165, 1.54) is 0 Å². The predicted molar refractivity (Wildman–Crippen MR) is 124 cm³/mol. The molecule has 6 aliphatic carbocycles. The van der Waals surface area contributed by atoms with Crippen molar-refractivity contribution in [2.45, 2.75) is 125 Å². The molecule has 8 nitrogen and oxygen atoms in total. The first-order chi connectivity index (χ1) is 16.6. The van der Waals surface area contributed by atoms with E-state index in [2.05, 4.69) is 4.74 Å². The Balaban J connectivity index is 1.39. The minimum atomic E-state index is -5.75. The lowest BCUT2D eigenvalue weighted by Crippen LogP contribution is -2.71. The number of hydrogen-bond acceptors (Lipinski definition) is 7. The summed E-state index contributed by atoms with van der Waals surface area (Å²) in [6, 6.07) is 0. The molecular weight excluding hydrogens is 498 g/mol. The minimum Gasteiger partial charge on any atom is -0.453 e. The van der Waals surface area contributed by atoms with E-state index in [1.807, 2.05) is 0 Å². The monoisotopic (exact) mass is 536 g/mol. The molecule has 206 valence electrons. The Kier molecular flexibility index (Phi) is 6.17. The maximum Gasteiger partial charge on any atom is 0.405 e. The maximum absolute atomic E-state index is 13.9. The van der Waals surface area contributed by atoms with Crippen LogP contribution < -0.4 is 0 Å². The first-order valence-corrected chi connectivity index (χ1v) is 14.7. The van der Waals surface area contributed by atoms with Gasteiger partial charge >= 0.3 is 21.3 Å². The van der Waals surface area contributed by atoms with Gasteiger partial charge in [-0.25, -0.2) is 4.79 Å². The van der Waals surface area contributed by atoms with Crippen LogP contribution in [0.25, 0.3) is 0 Å². The lowest BCUT2D eigenvalue weighted by Gasteiger charge is -2.71. The molecule has 3 unspecified atom stereocenters. The Hall–Kier alpha value is -0.880. The zero-order chi connectivity index (χ0) is 26.3. The van der Waals surface area contributed by atoms with E-state index in [9.17, 15) is 32.2 Å². The first-order valence-electron chi connectivity index (χ1n) is 13.2. The SMILES string of the molecule is CC(OC(=O)COC12CC3CC(C4(O)CCCC4)(C1)CC(C1(O)CCCC1)(C3)C2)C(F)(F)S(=O)(=O)O. The number of halogens is 2. The first kappa shape index (κ1) is 26.7. The Bertz CT molecular complexity index is 964. The number of rotatable bonds is 8. The summed E-state index contributed by atoms with van der Waals surface area (Å²) < 4.78 is 69.3. The van der Waals surface area contributed by atoms with Crippen LogP contribution in [0.15, 0.2) is 0 Å². The van der Waals surface area contributed by atoms with Crippen LogP contribution in [-0.4, -0.2) is 63.9 Å². The summed E-state index contributed by atoms with van der Waals surface area (Å²) in [5, 5.41) is 19.1. The molecule has 0 aromatic rings. The van der Waals surface area contributed by atoms with Crippen molar-refractivity contribution in [3.63, 3.8) is 0 Å². The number of aliphatic hydroxyl groups is 2. The van der Waals surface area contributed by atoms with Crippen LogP contribution in [0.1, 0.15) is 96.8 Å². The topological polar surface area (TPSA) is 130 Å². The highest BCUT2D eigenvalue weighted by atomic mass is 32.2. The molecule has 6 rings (SSSR count). The van der Waals surface area contributed by atoms with Gasteiger partial charge in [0, 0.05) is 10.8 Å². The maximum atomic E-state index is 13.9. The van der Waals surface area contributed by atoms with Gasteiger partial charge in [0.1, 0.15) is 6.61 Å². The highest BCUT2D eigenvalue weighted by Crippen LogP contribution is 2.75. The third-order valence-electron chi connectivity index (χ3n) is 10.5. The zero-order valence-corrected chi connectivity index (χ0v) is 21.6. The lowest BCUT2D eigenvalue weighted by atomic mass is 9.36. The normalized spacial score (nSPS) is 39.9. The standard InChI is InChI=1S/C25H38F2O8S/c1-17(25(26,27)36(31,32)33)35-19(28)13-34-22-12-18-10-20(15-22,23(29)6-2-3-7-23)14-21(11-18,16-22)24(30)8-4-5-9-24/h17-18,29-30H,2-16H2,1H3,(H,31,32,33). The Morgan fingerprint density at radius 2 is 1.42 bits per heavy atom. The van der Waals surface area contributed by atoms with Gasteiger partial charge in [-0.3, -0.25) is 4.55 Å². The summed E-state index contributed by atoms with van der Waals surface area (Å²) in [7, 11) is -5.75. The van der Waals surface area contributed by atoms with Crippen molar-refractivity contribution in [3.05, 3.63) is 0 Å². The fourth-order valence-electron chi connectivity index (χ4n) is 9.25. The summed E-state index contributed by atoms with van der Waals surface area (Å²) in [6.07, 6.45) is 8.37. The summed E-state index contributed by atoms with van der Waals surface area (Å²) in [4.78, 5) is 12.5. The van der Waals surface area contributed by atoms with Crippen molar-refractivity contribution >= 4 is 16.1 Å². The zero-order valence-electron chi connectivity index (χ0n) is 20.8. The van der Waals surface area contributed by atoms with Gasteiger partial charge in [0.2, 0.25) is 0 Å². The van der Waals surface area contributed by atoms with Gasteiger partial charge in [0.15, 0.2) is 6.10 Å². The van der Waals surface area contributed by atoms with Crippen LogP contribution in [0.2, 0.25) is 0 Å². The number of carbonyl (C=O) groups excluding carboxylic acids is 1. The number of carbonyl (C=O) groups is 1. The van der Waals surface area contributed by atoms with Crippen molar-refractivity contribution in [1.29, 1.82) is 0 Å². The quantitative estimate of drug-likeness (QED) is 0.316. The van der Waals surface area contributed by atoms with Crippen molar-refractivity contribution in [3.8, 4) is 0 Å². The fourth-order valence-corrected chi connectivity index (χ4v) is 9.72. The highest BCUT2D eigenvalue weighted by Gasteiger charge is 2.73. The van der Waals surface area contributed by atoms with Gasteiger partial charge in [0.05, 0.1) is 16.8 Å². The van der Waals surface area contributed by atoms with E-state index in [1.54, 1.807) is 0 Å². The Labute approximate surface area is 210 Å². The van der Waals surface area contributed by atoms with Crippen LogP contribution >= 0.6 is 0 Å². The molecule has 11 heteroatoms. The minimum absolute atomic E-state index is 0.217. The second-order valence-electron chi connectivity index (χ2n) is 12.7. The molecule has 0 aromatic heterocycles. The molecule has 0 aliphatic heterocycles. The molecular formula is C25H38F2O8S. The van der Waals surface area contributed by atoms with Gasteiger partial charge < -0.3 is 19.7 Å². The molecule has 0 saturated heterocycles. The third kappa shape index (κ3) is 3.94. The van der Waals surface area contributed by atoms with Gasteiger partial charge in [-0.15, -0.1) is 0 Å². The van der Waals surface area contributed by atoms with Crippen LogP contribution in [0.4, 0.5) is 8.78 Å². The van der Waals surface area contributed by atoms with Gasteiger partial charge in [0.25, 0.3) is 0 Å². The molecule has 36 heavy (non-hydrogen) atoms. The molecule has 0 amide bonds. The van der Waals surface area contributed by atoms with E-state index >= 15 is 0 Å². The second-order valence-corrected chi connectivity index (χ2v) is 14.2. The van der Waals surface area contributed by atoms with Gasteiger partial charge in [-0.1, -0.05) is 25.7 Å². The van der Waals surface area contributed by atoms with E-state index < -0.39 is 61.7 Å². The van der Waals surface area contributed by atoms with Crippen molar-refractivity contribution in [2.24, 2.45) is 16.7 Å². The highest BCUT2D eigenvalue weighted by molar-refractivity contribution is 7.86. The number of esters is 1. The van der Waals surface area contributed by atoms with E-state index in [-0.39, 0.29) is 5.92 Å². The molecule has 4 bridgehead atoms. The van der Waals surface area contributed by atoms with Crippen LogP contribution in [0.3, 0.4) is 0 Å². The summed E-state index contributed by atoms with van der Waals surface area (Å²) in [5.41, 5.74) is -3.38. The fraction of sp³-hybridized carbons (Fsp3) is 0.960. The molecule has 0 radical (unpaired) electrons. The average Bonchev–Trinajstić information content (AvgIpc) is 3.41. The smallest absolute Gasteiger partial charge is 0.405 e. The largest absolute Gasteiger partial charge is 0.453 e. The molecule has 0 aromatic carbocycles. The molecule has 6 fully saturated rings. The Morgan fingerprint density at radius 3 is 1.86 bits per heavy atom. The van der Waals surface area contributed by atoms with E-state index in [0.29, 0.717) is 51.9 Å². The van der Waals surface area contributed by atoms with Crippen LogP contribution in [-0.2, 0) is 24.4 Å². The van der Waals surface area contributed by atoms with Crippen LogP contribution in [0, 0.1) is 16.7 Å². The van der Waals surface area contributed by atoms with E-state index in [0.717, 1.165) is 44.9 Å². The Morgan fingerprint density at radius 1 is 0.944 bits per heavy atom. The summed E-state index contributed by atoms with van der Waals surface area (Å²) in [5.74, 6) is -0.932. The summed E-state index contributed by atoms with van der Waals surface area (Å²) >= 11 is 0. The van der Waals surface area contributed by atoms with Gasteiger partial charge in [-0.2, -0.15) is 17.2 Å². The molecule has 0 spiro atoms. The average molecular weight is 537 g/mol. The van der Waals surface area contributed by atoms with Crippen molar-refractivity contribution < 1.29 is 46.2 Å². The molecule has 3 N–H and O–H groups in total.